The number of carboxylic acids is 1. The molecule has 1 atom stereocenters. The van der Waals surface area contributed by atoms with Crippen LogP contribution >= 0.6 is 0 Å². The Bertz CT molecular complexity index is 1250. The van der Waals surface area contributed by atoms with Crippen LogP contribution in [0.1, 0.15) is 47.8 Å². The fourth-order valence-electron chi connectivity index (χ4n) is 3.98. The highest BCUT2D eigenvalue weighted by Gasteiger charge is 2.24. The van der Waals surface area contributed by atoms with Gasteiger partial charge >= 0.3 is 5.97 Å². The second kappa shape index (κ2) is 12.4. The quantitative estimate of drug-likeness (QED) is 0.129. The number of unbranched alkanes of at least 4 members (excludes halogenated alkanes) is 1. The van der Waals surface area contributed by atoms with Crippen molar-refractivity contribution in [1.82, 2.24) is 10.3 Å². The van der Waals surface area contributed by atoms with Crippen LogP contribution in [0, 0.1) is 0 Å². The topological polar surface area (TPSA) is 176 Å². The van der Waals surface area contributed by atoms with Gasteiger partial charge in [-0.05, 0) is 48.6 Å². The zero-order valence-corrected chi connectivity index (χ0v) is 20.2. The molecule has 8 N–H and O–H groups in total. The molecule has 0 radical (unpaired) electrons. The van der Waals surface area contributed by atoms with Crippen LogP contribution in [0.25, 0.3) is 10.9 Å². The molecular weight excluding hydrogens is 460 g/mol. The molecule has 1 heterocycles. The number of para-hydroxylation sites is 1. The number of aliphatic carboxylic acids is 1. The predicted molar refractivity (Wildman–Crippen MR) is 140 cm³/mol. The van der Waals surface area contributed by atoms with Gasteiger partial charge in [0.05, 0.1) is 0 Å². The lowest BCUT2D eigenvalue weighted by Gasteiger charge is -2.15. The maximum absolute atomic E-state index is 13.0. The molecule has 10 heteroatoms. The summed E-state index contributed by atoms with van der Waals surface area (Å²) < 4.78 is 0. The number of guanidine groups is 1. The highest BCUT2D eigenvalue weighted by atomic mass is 16.4. The Morgan fingerprint density at radius 1 is 1.06 bits per heavy atom. The molecule has 3 rings (SSSR count). The highest BCUT2D eigenvalue weighted by Crippen LogP contribution is 2.23. The van der Waals surface area contributed by atoms with E-state index in [4.69, 9.17) is 11.5 Å². The third-order valence-corrected chi connectivity index (χ3v) is 5.78. The first-order valence-electron chi connectivity index (χ1n) is 11.9. The van der Waals surface area contributed by atoms with E-state index in [1.807, 2.05) is 31.2 Å². The Hall–Kier alpha value is -4.34. The van der Waals surface area contributed by atoms with Gasteiger partial charge in [0.1, 0.15) is 11.7 Å². The lowest BCUT2D eigenvalue weighted by Crippen LogP contribution is -2.42. The molecule has 0 saturated carbocycles. The number of fused-ring (bicyclic) bond motifs is 1. The van der Waals surface area contributed by atoms with Crippen LogP contribution in [0.15, 0.2) is 53.5 Å². The Kier molecular flexibility index (Phi) is 9.04. The number of H-pyrrole nitrogens is 1. The number of nitrogens with one attached hydrogen (secondary N) is 3. The number of amides is 2. The molecule has 0 aliphatic rings. The SMILES string of the molecule is CCc1c(C(=O)NC(Cc2ccc(NC(=O)CCCCN=C(N)N)cc2)C(=O)O)[nH]c2ccccc12. The number of benzene rings is 2. The van der Waals surface area contributed by atoms with Crippen molar-refractivity contribution in [2.24, 2.45) is 16.5 Å². The zero-order valence-electron chi connectivity index (χ0n) is 20.2. The molecule has 36 heavy (non-hydrogen) atoms. The van der Waals surface area contributed by atoms with Gasteiger partial charge in [-0.1, -0.05) is 37.3 Å². The van der Waals surface area contributed by atoms with E-state index >= 15 is 0 Å². The number of aryl methyl sites for hydroxylation is 1. The molecule has 2 aromatic carbocycles. The van der Waals surface area contributed by atoms with Crippen LogP contribution < -0.4 is 22.1 Å². The van der Waals surface area contributed by atoms with E-state index in [0.717, 1.165) is 16.5 Å². The third kappa shape index (κ3) is 7.08. The van der Waals surface area contributed by atoms with Crippen molar-refractivity contribution in [3.63, 3.8) is 0 Å². The molecule has 10 nitrogen and oxygen atoms in total. The molecular formula is C26H32N6O4. The summed E-state index contributed by atoms with van der Waals surface area (Å²) in [5.74, 6) is -1.68. The minimum Gasteiger partial charge on any atom is -0.480 e. The van der Waals surface area contributed by atoms with E-state index in [-0.39, 0.29) is 18.3 Å². The fraction of sp³-hybridized carbons (Fsp3) is 0.308. The number of hydrogen-bond acceptors (Lipinski definition) is 4. The lowest BCUT2D eigenvalue weighted by atomic mass is 10.0. The number of aliphatic imine (C=N–C) groups is 1. The molecule has 0 spiro atoms. The zero-order chi connectivity index (χ0) is 26.1. The van der Waals surface area contributed by atoms with Gasteiger partial charge in [-0.3, -0.25) is 14.6 Å². The number of rotatable bonds is 12. The summed E-state index contributed by atoms with van der Waals surface area (Å²) in [6.07, 6.45) is 2.42. The van der Waals surface area contributed by atoms with Gasteiger partial charge in [0.25, 0.3) is 5.91 Å². The first kappa shape index (κ1) is 26.3. The summed E-state index contributed by atoms with van der Waals surface area (Å²) in [6, 6.07) is 13.4. The molecule has 1 unspecified atom stereocenters. The van der Waals surface area contributed by atoms with Crippen molar-refractivity contribution in [3.05, 3.63) is 65.4 Å². The summed E-state index contributed by atoms with van der Waals surface area (Å²) in [6.45, 7) is 2.43. The number of aromatic nitrogens is 1. The van der Waals surface area contributed by atoms with Crippen LogP contribution in [-0.2, 0) is 22.4 Å². The van der Waals surface area contributed by atoms with Gasteiger partial charge < -0.3 is 32.2 Å². The van der Waals surface area contributed by atoms with Gasteiger partial charge in [0, 0.05) is 36.0 Å². The first-order chi connectivity index (χ1) is 17.3. The molecule has 0 aliphatic carbocycles. The van der Waals surface area contributed by atoms with Crippen molar-refractivity contribution in [1.29, 1.82) is 0 Å². The number of hydrogen-bond donors (Lipinski definition) is 6. The van der Waals surface area contributed by atoms with E-state index in [9.17, 15) is 19.5 Å². The van der Waals surface area contributed by atoms with Crippen molar-refractivity contribution in [3.8, 4) is 0 Å². The number of carbonyl (C=O) groups excluding carboxylic acids is 2. The fourth-order valence-corrected chi connectivity index (χ4v) is 3.98. The van der Waals surface area contributed by atoms with Crippen molar-refractivity contribution in [2.75, 3.05) is 11.9 Å². The minimum absolute atomic E-state index is 0.0350. The van der Waals surface area contributed by atoms with E-state index in [2.05, 4.69) is 20.6 Å². The van der Waals surface area contributed by atoms with Crippen molar-refractivity contribution < 1.29 is 19.5 Å². The minimum atomic E-state index is -1.13. The molecule has 3 aromatic rings. The first-order valence-corrected chi connectivity index (χ1v) is 11.9. The summed E-state index contributed by atoms with van der Waals surface area (Å²) >= 11 is 0. The summed E-state index contributed by atoms with van der Waals surface area (Å²) in [7, 11) is 0. The van der Waals surface area contributed by atoms with Gasteiger partial charge in [-0.15, -0.1) is 0 Å². The largest absolute Gasteiger partial charge is 0.480 e. The van der Waals surface area contributed by atoms with Crippen LogP contribution in [-0.4, -0.2) is 46.4 Å². The normalized spacial score (nSPS) is 11.6. The van der Waals surface area contributed by atoms with Gasteiger partial charge in [0.15, 0.2) is 5.96 Å². The maximum Gasteiger partial charge on any atom is 0.326 e. The summed E-state index contributed by atoms with van der Waals surface area (Å²) in [4.78, 5) is 44.0. The highest BCUT2D eigenvalue weighted by molar-refractivity contribution is 6.02. The van der Waals surface area contributed by atoms with E-state index < -0.39 is 17.9 Å². The van der Waals surface area contributed by atoms with E-state index in [1.54, 1.807) is 24.3 Å². The average Bonchev–Trinajstić information content (AvgIpc) is 3.23. The standard InChI is InChI=1S/C26H32N6O4/c1-2-18-19-7-3-4-8-20(19)31-23(18)24(34)32-21(25(35)36)15-16-10-12-17(13-11-16)30-22(33)9-5-6-14-29-26(27)28/h3-4,7-8,10-13,21,31H,2,5-6,9,14-15H2,1H3,(H,30,33)(H,32,34)(H,35,36)(H4,27,28,29). The molecule has 0 fully saturated rings. The molecule has 0 saturated heterocycles. The average molecular weight is 493 g/mol. The van der Waals surface area contributed by atoms with E-state index in [1.165, 1.54) is 0 Å². The van der Waals surface area contributed by atoms with Gasteiger partial charge in [-0.25, -0.2) is 4.79 Å². The van der Waals surface area contributed by atoms with Crippen LogP contribution in [0.5, 0.6) is 0 Å². The van der Waals surface area contributed by atoms with Gasteiger partial charge in [0.2, 0.25) is 5.91 Å². The molecule has 190 valence electrons. The Morgan fingerprint density at radius 2 is 1.78 bits per heavy atom. The monoisotopic (exact) mass is 492 g/mol. The molecule has 0 bridgehead atoms. The van der Waals surface area contributed by atoms with Crippen molar-refractivity contribution in [2.45, 2.75) is 45.1 Å². The Labute approximate surface area is 209 Å². The Morgan fingerprint density at radius 3 is 2.44 bits per heavy atom. The number of anilines is 1. The number of carbonyl (C=O) groups is 3. The summed E-state index contributed by atoms with van der Waals surface area (Å²) in [5, 5.41) is 16.1. The smallest absolute Gasteiger partial charge is 0.326 e. The van der Waals surface area contributed by atoms with Crippen molar-refractivity contribution >= 4 is 40.3 Å². The van der Waals surface area contributed by atoms with E-state index in [0.29, 0.717) is 49.2 Å². The summed E-state index contributed by atoms with van der Waals surface area (Å²) in [5.41, 5.74) is 13.9. The lowest BCUT2D eigenvalue weighted by molar-refractivity contribution is -0.139. The second-order valence-corrected chi connectivity index (χ2v) is 8.45. The van der Waals surface area contributed by atoms with Crippen LogP contribution in [0.4, 0.5) is 5.69 Å². The molecule has 0 aliphatic heterocycles. The second-order valence-electron chi connectivity index (χ2n) is 8.45. The Balaban J connectivity index is 1.58. The van der Waals surface area contributed by atoms with Gasteiger partial charge in [-0.2, -0.15) is 0 Å². The maximum atomic E-state index is 13.0. The molecule has 1 aromatic heterocycles. The van der Waals surface area contributed by atoms with Crippen LogP contribution in [0.3, 0.4) is 0 Å². The predicted octanol–water partition coefficient (Wildman–Crippen LogP) is 2.54. The van der Waals surface area contributed by atoms with Crippen LogP contribution in [0.2, 0.25) is 0 Å². The number of nitrogens with zero attached hydrogens (tertiary/aromatic N) is 1. The number of nitrogens with two attached hydrogens (primary N) is 2. The number of aromatic amines is 1. The molecule has 2 amide bonds. The third-order valence-electron chi connectivity index (χ3n) is 5.78. The number of carboxylic acid groups (broad SMARTS) is 1.